The van der Waals surface area contributed by atoms with Crippen molar-refractivity contribution in [2.24, 2.45) is 0 Å². The molecule has 0 spiro atoms. The normalized spacial score (nSPS) is 17.7. The van der Waals surface area contributed by atoms with E-state index in [0.29, 0.717) is 12.2 Å². The summed E-state index contributed by atoms with van der Waals surface area (Å²) in [5, 5.41) is 2.65. The fraction of sp³-hybridized carbons (Fsp3) is 0.450. The van der Waals surface area contributed by atoms with Crippen LogP contribution in [0.3, 0.4) is 0 Å². The minimum Gasteiger partial charge on any atom is -0.323 e. The van der Waals surface area contributed by atoms with Crippen LogP contribution >= 0.6 is 11.3 Å². The molecule has 1 saturated heterocycles. The summed E-state index contributed by atoms with van der Waals surface area (Å²) in [4.78, 5) is 33.6. The Kier molecular flexibility index (Phi) is 5.71. The molecule has 26 heavy (non-hydrogen) atoms. The average Bonchev–Trinajstić information content (AvgIpc) is 3.06. The Labute approximate surface area is 158 Å². The Morgan fingerprint density at radius 1 is 1.35 bits per heavy atom. The molecule has 0 aliphatic carbocycles. The van der Waals surface area contributed by atoms with Crippen molar-refractivity contribution >= 4 is 28.8 Å². The standard InChI is InChI=1S/C20H25N3O2S/c1-4-5-8-17-11-22(16-9-6-7-14(2)10-16)19(24)12-23(17)20(25)18-13-26-15(3)21-18/h6-7,9-10,13,17H,4-5,8,11-12H2,1-3H3/t17-/m1/s1. The van der Waals surface area contributed by atoms with Crippen molar-refractivity contribution < 1.29 is 9.59 Å². The molecule has 1 fully saturated rings. The number of hydrogen-bond donors (Lipinski definition) is 0. The number of anilines is 1. The van der Waals surface area contributed by atoms with Gasteiger partial charge in [0.2, 0.25) is 5.91 Å². The Hall–Kier alpha value is -2.21. The van der Waals surface area contributed by atoms with Gasteiger partial charge in [0.1, 0.15) is 12.2 Å². The number of benzene rings is 1. The molecule has 0 bridgehead atoms. The first-order valence-electron chi connectivity index (χ1n) is 9.09. The van der Waals surface area contributed by atoms with Gasteiger partial charge in [0, 0.05) is 17.6 Å². The van der Waals surface area contributed by atoms with Crippen molar-refractivity contribution in [3.05, 3.63) is 45.9 Å². The lowest BCUT2D eigenvalue weighted by atomic mass is 10.0. The van der Waals surface area contributed by atoms with E-state index in [1.165, 1.54) is 11.3 Å². The van der Waals surface area contributed by atoms with Gasteiger partial charge in [-0.2, -0.15) is 0 Å². The summed E-state index contributed by atoms with van der Waals surface area (Å²) < 4.78 is 0. The first-order valence-corrected chi connectivity index (χ1v) is 9.97. The maximum absolute atomic E-state index is 12.9. The van der Waals surface area contributed by atoms with Crippen molar-refractivity contribution in [2.45, 2.75) is 46.1 Å². The van der Waals surface area contributed by atoms with Crippen LogP contribution in [0.4, 0.5) is 5.69 Å². The summed E-state index contributed by atoms with van der Waals surface area (Å²) in [6, 6.07) is 7.99. The molecule has 6 heteroatoms. The molecule has 5 nitrogen and oxygen atoms in total. The number of piperazine rings is 1. The molecule has 1 aliphatic heterocycles. The molecule has 1 aliphatic rings. The number of aromatic nitrogens is 1. The van der Waals surface area contributed by atoms with Gasteiger partial charge in [-0.1, -0.05) is 31.9 Å². The van der Waals surface area contributed by atoms with Crippen molar-refractivity contribution in [3.8, 4) is 0 Å². The minimum absolute atomic E-state index is 0.0164. The third kappa shape index (κ3) is 3.96. The van der Waals surface area contributed by atoms with E-state index in [0.717, 1.165) is 35.5 Å². The molecule has 2 aromatic rings. The monoisotopic (exact) mass is 371 g/mol. The number of unbranched alkanes of at least 4 members (excludes halogenated alkanes) is 1. The summed E-state index contributed by atoms with van der Waals surface area (Å²) in [6.45, 7) is 6.70. The van der Waals surface area contributed by atoms with Gasteiger partial charge >= 0.3 is 0 Å². The molecule has 2 amide bonds. The molecule has 0 radical (unpaired) electrons. The van der Waals surface area contributed by atoms with Gasteiger partial charge in [-0.05, 0) is 38.0 Å². The molecule has 1 aromatic heterocycles. The molecular weight excluding hydrogens is 346 g/mol. The van der Waals surface area contributed by atoms with E-state index >= 15 is 0 Å². The van der Waals surface area contributed by atoms with Crippen LogP contribution < -0.4 is 4.90 Å². The highest BCUT2D eigenvalue weighted by Gasteiger charge is 2.36. The van der Waals surface area contributed by atoms with E-state index < -0.39 is 0 Å². The summed E-state index contributed by atoms with van der Waals surface area (Å²) in [5.74, 6) is -0.170. The van der Waals surface area contributed by atoms with Gasteiger partial charge in [-0.3, -0.25) is 9.59 Å². The summed E-state index contributed by atoms with van der Waals surface area (Å²) in [6.07, 6.45) is 2.98. The van der Waals surface area contributed by atoms with E-state index in [-0.39, 0.29) is 24.4 Å². The van der Waals surface area contributed by atoms with E-state index in [4.69, 9.17) is 0 Å². The molecule has 2 heterocycles. The quantitative estimate of drug-likeness (QED) is 0.803. The number of amides is 2. The van der Waals surface area contributed by atoms with Gasteiger partial charge in [0.05, 0.1) is 11.0 Å². The second-order valence-corrected chi connectivity index (χ2v) is 7.89. The van der Waals surface area contributed by atoms with Crippen LogP contribution in [-0.4, -0.2) is 40.8 Å². The number of rotatable bonds is 5. The summed E-state index contributed by atoms with van der Waals surface area (Å²) >= 11 is 1.46. The Morgan fingerprint density at radius 2 is 2.15 bits per heavy atom. The molecule has 0 unspecified atom stereocenters. The van der Waals surface area contributed by atoms with Crippen LogP contribution in [0.5, 0.6) is 0 Å². The summed E-state index contributed by atoms with van der Waals surface area (Å²) in [5.41, 5.74) is 2.48. The van der Waals surface area contributed by atoms with Crippen LogP contribution in [0.25, 0.3) is 0 Å². The first kappa shape index (κ1) is 18.6. The number of thiazole rings is 1. The minimum atomic E-state index is -0.132. The Morgan fingerprint density at radius 3 is 2.81 bits per heavy atom. The number of carbonyl (C=O) groups is 2. The molecule has 1 atom stereocenters. The average molecular weight is 372 g/mol. The highest BCUT2D eigenvalue weighted by molar-refractivity contribution is 7.09. The van der Waals surface area contributed by atoms with Crippen LogP contribution in [0, 0.1) is 13.8 Å². The maximum Gasteiger partial charge on any atom is 0.274 e. The summed E-state index contributed by atoms with van der Waals surface area (Å²) in [7, 11) is 0. The van der Waals surface area contributed by atoms with E-state index in [1.807, 2.05) is 43.0 Å². The van der Waals surface area contributed by atoms with Crippen molar-refractivity contribution in [2.75, 3.05) is 18.0 Å². The zero-order valence-electron chi connectivity index (χ0n) is 15.6. The highest BCUT2D eigenvalue weighted by atomic mass is 32.1. The van der Waals surface area contributed by atoms with Crippen molar-refractivity contribution in [3.63, 3.8) is 0 Å². The fourth-order valence-corrected chi connectivity index (χ4v) is 3.94. The molecule has 0 saturated carbocycles. The molecule has 3 rings (SSSR count). The largest absolute Gasteiger partial charge is 0.323 e. The lowest BCUT2D eigenvalue weighted by molar-refractivity contribution is -0.121. The number of aryl methyl sites for hydroxylation is 2. The van der Waals surface area contributed by atoms with Gasteiger partial charge in [-0.15, -0.1) is 11.3 Å². The van der Waals surface area contributed by atoms with Crippen LogP contribution in [-0.2, 0) is 4.79 Å². The number of hydrogen-bond acceptors (Lipinski definition) is 4. The molecule has 138 valence electrons. The predicted octanol–water partition coefficient (Wildman–Crippen LogP) is 3.81. The third-order valence-corrected chi connectivity index (χ3v) is 5.52. The lowest BCUT2D eigenvalue weighted by Crippen LogP contribution is -2.58. The first-order chi connectivity index (χ1) is 12.5. The SMILES string of the molecule is CCCC[C@@H]1CN(c2cccc(C)c2)C(=O)CN1C(=O)c1csc(C)n1. The Bertz CT molecular complexity index is 802. The second kappa shape index (κ2) is 7.99. The topological polar surface area (TPSA) is 53.5 Å². The number of carbonyl (C=O) groups excluding carboxylic acids is 2. The lowest BCUT2D eigenvalue weighted by Gasteiger charge is -2.41. The van der Waals surface area contributed by atoms with Gasteiger partial charge < -0.3 is 9.80 Å². The highest BCUT2D eigenvalue weighted by Crippen LogP contribution is 2.25. The van der Waals surface area contributed by atoms with Gasteiger partial charge in [0.15, 0.2) is 0 Å². The van der Waals surface area contributed by atoms with Crippen LogP contribution in [0.15, 0.2) is 29.6 Å². The fourth-order valence-electron chi connectivity index (χ4n) is 3.35. The molecule has 0 N–H and O–H groups in total. The van der Waals surface area contributed by atoms with E-state index in [2.05, 4.69) is 11.9 Å². The number of nitrogens with zero attached hydrogens (tertiary/aromatic N) is 3. The zero-order valence-corrected chi connectivity index (χ0v) is 16.4. The zero-order chi connectivity index (χ0) is 18.7. The van der Waals surface area contributed by atoms with Gasteiger partial charge in [0.25, 0.3) is 5.91 Å². The maximum atomic E-state index is 12.9. The molecule has 1 aromatic carbocycles. The van der Waals surface area contributed by atoms with E-state index in [9.17, 15) is 9.59 Å². The van der Waals surface area contributed by atoms with Crippen LogP contribution in [0.2, 0.25) is 0 Å². The van der Waals surface area contributed by atoms with E-state index in [1.54, 1.807) is 10.3 Å². The van der Waals surface area contributed by atoms with Crippen LogP contribution in [0.1, 0.15) is 47.2 Å². The van der Waals surface area contributed by atoms with Crippen molar-refractivity contribution in [1.29, 1.82) is 0 Å². The smallest absolute Gasteiger partial charge is 0.274 e. The van der Waals surface area contributed by atoms with Gasteiger partial charge in [-0.25, -0.2) is 4.98 Å². The second-order valence-electron chi connectivity index (χ2n) is 6.82. The van der Waals surface area contributed by atoms with Crippen molar-refractivity contribution in [1.82, 2.24) is 9.88 Å². The molecular formula is C20H25N3O2S. The third-order valence-electron chi connectivity index (χ3n) is 4.74. The predicted molar refractivity (Wildman–Crippen MR) is 105 cm³/mol. The Balaban J connectivity index is 1.85.